The van der Waals surface area contributed by atoms with Crippen molar-refractivity contribution in [3.8, 4) is 0 Å². The van der Waals surface area contributed by atoms with E-state index < -0.39 is 97.1 Å². The van der Waals surface area contributed by atoms with Crippen LogP contribution in [0.2, 0.25) is 0 Å². The normalized spacial score (nSPS) is 47.9. The van der Waals surface area contributed by atoms with Gasteiger partial charge in [0.05, 0.1) is 18.7 Å². The molecule has 1 amide bonds. The van der Waals surface area contributed by atoms with Crippen LogP contribution in [0.3, 0.4) is 0 Å². The number of nitrogens with two attached hydrogens (primary N) is 3. The molecule has 17 heteroatoms. The van der Waals surface area contributed by atoms with Crippen LogP contribution in [0.5, 0.6) is 0 Å². The van der Waals surface area contributed by atoms with Gasteiger partial charge < -0.3 is 82.5 Å². The molecule has 15 N–H and O–H groups in total. The van der Waals surface area contributed by atoms with Crippen molar-refractivity contribution in [2.75, 3.05) is 26.7 Å². The quantitative estimate of drug-likeness (QED) is 0.123. The first-order chi connectivity index (χ1) is 18.3. The number of ether oxygens (including phenoxy) is 4. The summed E-state index contributed by atoms with van der Waals surface area (Å²) in [5, 5.41) is 78.5. The molecule has 39 heavy (non-hydrogen) atoms. The average molecular weight is 570 g/mol. The Balaban J connectivity index is 1.84. The van der Waals surface area contributed by atoms with E-state index >= 15 is 0 Å². The monoisotopic (exact) mass is 569 g/mol. The lowest BCUT2D eigenvalue weighted by Gasteiger charge is -2.49. The van der Waals surface area contributed by atoms with E-state index in [1.54, 1.807) is 0 Å². The third-order valence-electron chi connectivity index (χ3n) is 7.50. The van der Waals surface area contributed by atoms with Gasteiger partial charge in [0.1, 0.15) is 60.5 Å². The maximum absolute atomic E-state index is 12.4. The molecule has 0 aromatic rings. The van der Waals surface area contributed by atoms with Gasteiger partial charge >= 0.3 is 0 Å². The molecule has 3 fully saturated rings. The molecular weight excluding hydrogens is 526 g/mol. The number of amides is 1. The summed E-state index contributed by atoms with van der Waals surface area (Å²) in [7, 11) is 1.52. The number of hydrogen-bond donors (Lipinski definition) is 12. The van der Waals surface area contributed by atoms with Crippen molar-refractivity contribution in [2.24, 2.45) is 17.2 Å². The molecule has 0 bridgehead atoms. The van der Waals surface area contributed by atoms with Gasteiger partial charge in [0.25, 0.3) is 0 Å². The maximum Gasteiger partial charge on any atom is 0.250 e. The average Bonchev–Trinajstić information content (AvgIpc) is 2.89. The predicted octanol–water partition coefficient (Wildman–Crippen LogP) is -7.52. The molecule has 2 aliphatic heterocycles. The van der Waals surface area contributed by atoms with Crippen LogP contribution in [-0.4, -0.2) is 160 Å². The SMILES string of the molecule is CN[C@@H]1[C@@H](O)C(O[C@@H]2[C@@H](O)[C@H](OC3O[C@@H](CN)[C@H](O)[C@@H](O)[C@@H]3O)[C@@H](N)C[C@H]2NC(=O)[C@@H](O)CN)OC[C@]1(C)O. The van der Waals surface area contributed by atoms with Crippen LogP contribution < -0.4 is 27.8 Å². The summed E-state index contributed by atoms with van der Waals surface area (Å²) in [6.07, 6.45) is -16.3. The highest BCUT2D eigenvalue weighted by atomic mass is 16.7. The summed E-state index contributed by atoms with van der Waals surface area (Å²) < 4.78 is 22.7. The lowest BCUT2D eigenvalue weighted by Crippen LogP contribution is -2.70. The Morgan fingerprint density at radius 1 is 1.03 bits per heavy atom. The second kappa shape index (κ2) is 13.2. The lowest BCUT2D eigenvalue weighted by atomic mass is 9.83. The Bertz CT molecular complexity index is 811. The first kappa shape index (κ1) is 32.4. The largest absolute Gasteiger partial charge is 0.388 e. The summed E-state index contributed by atoms with van der Waals surface area (Å²) in [4.78, 5) is 12.4. The zero-order valence-electron chi connectivity index (χ0n) is 21.8. The molecule has 0 radical (unpaired) electrons. The number of carbonyl (C=O) groups is 1. The molecule has 228 valence electrons. The van der Waals surface area contributed by atoms with Crippen LogP contribution >= 0.6 is 0 Å². The van der Waals surface area contributed by atoms with Crippen LogP contribution in [-0.2, 0) is 23.7 Å². The summed E-state index contributed by atoms with van der Waals surface area (Å²) >= 11 is 0. The van der Waals surface area contributed by atoms with Crippen molar-refractivity contribution < 1.29 is 59.5 Å². The second-order valence-corrected chi connectivity index (χ2v) is 10.5. The minimum absolute atomic E-state index is 0.0836. The Hall–Kier alpha value is -1.13. The van der Waals surface area contributed by atoms with Crippen LogP contribution in [0.1, 0.15) is 13.3 Å². The Morgan fingerprint density at radius 3 is 2.26 bits per heavy atom. The summed E-state index contributed by atoms with van der Waals surface area (Å²) in [6, 6.07) is -2.92. The van der Waals surface area contributed by atoms with Gasteiger partial charge in [0, 0.05) is 19.1 Å². The zero-order valence-corrected chi connectivity index (χ0v) is 21.8. The molecule has 2 saturated heterocycles. The number of hydrogen-bond acceptors (Lipinski definition) is 16. The molecule has 3 rings (SSSR count). The van der Waals surface area contributed by atoms with E-state index in [1.807, 2.05) is 0 Å². The number of carbonyl (C=O) groups excluding carboxylic acids is 1. The number of rotatable bonds is 9. The Kier molecular flexibility index (Phi) is 11.0. The lowest BCUT2D eigenvalue weighted by molar-refractivity contribution is -0.330. The highest BCUT2D eigenvalue weighted by Crippen LogP contribution is 2.32. The van der Waals surface area contributed by atoms with E-state index in [-0.39, 0.29) is 26.1 Å². The minimum Gasteiger partial charge on any atom is -0.388 e. The van der Waals surface area contributed by atoms with Gasteiger partial charge in [-0.2, -0.15) is 0 Å². The first-order valence-electron chi connectivity index (χ1n) is 12.8. The van der Waals surface area contributed by atoms with Gasteiger partial charge in [-0.3, -0.25) is 4.79 Å². The number of aliphatic hydroxyl groups excluding tert-OH is 6. The van der Waals surface area contributed by atoms with Gasteiger partial charge in [-0.1, -0.05) is 0 Å². The molecule has 1 saturated carbocycles. The van der Waals surface area contributed by atoms with E-state index in [4.69, 9.17) is 36.1 Å². The fourth-order valence-electron chi connectivity index (χ4n) is 5.22. The van der Waals surface area contributed by atoms with Crippen molar-refractivity contribution in [3.05, 3.63) is 0 Å². The number of likely N-dealkylation sites (N-methyl/N-ethyl adjacent to an activating group) is 1. The smallest absolute Gasteiger partial charge is 0.250 e. The van der Waals surface area contributed by atoms with Crippen LogP contribution in [0, 0.1) is 0 Å². The molecule has 0 spiro atoms. The maximum atomic E-state index is 12.4. The van der Waals surface area contributed by atoms with Gasteiger partial charge in [0.2, 0.25) is 5.91 Å². The molecule has 15 atom stereocenters. The molecule has 1 aliphatic carbocycles. The van der Waals surface area contributed by atoms with E-state index in [9.17, 15) is 40.5 Å². The van der Waals surface area contributed by atoms with Crippen molar-refractivity contribution in [3.63, 3.8) is 0 Å². The minimum atomic E-state index is -1.72. The highest BCUT2D eigenvalue weighted by molar-refractivity contribution is 5.81. The molecular formula is C22H43N5O12. The molecule has 2 unspecified atom stereocenters. The second-order valence-electron chi connectivity index (χ2n) is 10.5. The van der Waals surface area contributed by atoms with Gasteiger partial charge in [0.15, 0.2) is 12.6 Å². The Morgan fingerprint density at radius 2 is 1.67 bits per heavy atom. The van der Waals surface area contributed by atoms with Crippen molar-refractivity contribution in [1.29, 1.82) is 0 Å². The molecule has 3 aliphatic rings. The van der Waals surface area contributed by atoms with Gasteiger partial charge in [-0.25, -0.2) is 0 Å². The van der Waals surface area contributed by atoms with Crippen LogP contribution in [0.25, 0.3) is 0 Å². The highest BCUT2D eigenvalue weighted by Gasteiger charge is 2.53. The molecule has 0 aromatic heterocycles. The van der Waals surface area contributed by atoms with E-state index in [0.29, 0.717) is 0 Å². The van der Waals surface area contributed by atoms with Crippen molar-refractivity contribution in [1.82, 2.24) is 10.6 Å². The summed E-state index contributed by atoms with van der Waals surface area (Å²) in [5.41, 5.74) is 15.8. The third-order valence-corrected chi connectivity index (χ3v) is 7.50. The summed E-state index contributed by atoms with van der Waals surface area (Å²) in [5.74, 6) is -0.857. The van der Waals surface area contributed by atoms with E-state index in [2.05, 4.69) is 10.6 Å². The summed E-state index contributed by atoms with van der Waals surface area (Å²) in [6.45, 7) is 0.634. The van der Waals surface area contributed by atoms with E-state index in [0.717, 1.165) is 0 Å². The molecule has 17 nitrogen and oxygen atoms in total. The standard InChI is InChI=1S/C22H43N5O12/c1-22(35)6-36-20(15(33)18(22)26-2)39-17-8(27-19(34)9(28)4-23)3-7(25)16(14(17)32)38-21-13(31)12(30)11(29)10(5-24)37-21/h7-18,20-21,26,28-33,35H,3-6,23-25H2,1-2H3,(H,27,34)/t7-,8+,9-,10-,11-,12+,13-,14-,15+,16+,17-,18+,20?,21?,22-/m0/s1. The van der Waals surface area contributed by atoms with Crippen LogP contribution in [0.4, 0.5) is 0 Å². The fraction of sp³-hybridized carbons (Fsp3) is 0.955. The molecule has 2 heterocycles. The zero-order chi connectivity index (χ0) is 29.2. The van der Waals surface area contributed by atoms with Gasteiger partial charge in [-0.05, 0) is 20.4 Å². The van der Waals surface area contributed by atoms with Crippen molar-refractivity contribution in [2.45, 2.75) is 105 Å². The first-order valence-corrected chi connectivity index (χ1v) is 12.8. The predicted molar refractivity (Wildman–Crippen MR) is 130 cm³/mol. The van der Waals surface area contributed by atoms with Crippen LogP contribution in [0.15, 0.2) is 0 Å². The van der Waals surface area contributed by atoms with Gasteiger partial charge in [-0.15, -0.1) is 0 Å². The van der Waals surface area contributed by atoms with E-state index in [1.165, 1.54) is 14.0 Å². The number of aliphatic hydroxyl groups is 7. The number of nitrogens with one attached hydrogen (secondary N) is 2. The van der Waals surface area contributed by atoms with Crippen molar-refractivity contribution >= 4 is 5.91 Å². The fourth-order valence-corrected chi connectivity index (χ4v) is 5.22. The third kappa shape index (κ3) is 6.85. The topological polar surface area (TPSA) is 298 Å². The molecule has 0 aromatic carbocycles. The Labute approximate surface area is 225 Å².